The Hall–Kier alpha value is -3.37. The lowest BCUT2D eigenvalue weighted by Crippen LogP contribution is -2.28. The van der Waals surface area contributed by atoms with Gasteiger partial charge in [-0.25, -0.2) is 4.98 Å². The fourth-order valence-electron chi connectivity index (χ4n) is 3.81. The monoisotopic (exact) mass is 494 g/mol. The predicted octanol–water partition coefficient (Wildman–Crippen LogP) is 3.95. The van der Waals surface area contributed by atoms with Crippen molar-refractivity contribution in [3.05, 3.63) is 68.5 Å². The number of carbonyl (C=O) groups is 1. The van der Waals surface area contributed by atoms with Crippen LogP contribution in [0.1, 0.15) is 30.0 Å². The lowest BCUT2D eigenvalue weighted by molar-refractivity contribution is -0.122. The molecule has 34 heavy (non-hydrogen) atoms. The van der Waals surface area contributed by atoms with Crippen molar-refractivity contribution in [2.24, 2.45) is 0 Å². The van der Waals surface area contributed by atoms with E-state index in [1.807, 2.05) is 38.1 Å². The molecule has 4 heterocycles. The van der Waals surface area contributed by atoms with Crippen LogP contribution >= 0.6 is 24.0 Å². The normalized spacial score (nSPS) is 16.2. The predicted molar refractivity (Wildman–Crippen MR) is 136 cm³/mol. The molecule has 2 aliphatic rings. The smallest absolute Gasteiger partial charge is 0.267 e. The SMILES string of the molecule is CCCN1C(=O)/C(=C\c2c(NCc3ccc4c(c3)OCO4)nc3ccc(C)cn3c2=O)SC1=S. The zero-order valence-corrected chi connectivity index (χ0v) is 20.3. The quantitative estimate of drug-likeness (QED) is 0.407. The van der Waals surface area contributed by atoms with Gasteiger partial charge in [0.15, 0.2) is 11.5 Å². The Morgan fingerprint density at radius 3 is 2.85 bits per heavy atom. The summed E-state index contributed by atoms with van der Waals surface area (Å²) in [7, 11) is 0. The van der Waals surface area contributed by atoms with E-state index in [1.165, 1.54) is 16.2 Å². The van der Waals surface area contributed by atoms with Gasteiger partial charge in [-0.3, -0.25) is 18.9 Å². The number of carbonyl (C=O) groups excluding carboxylic acids is 1. The molecule has 5 rings (SSSR count). The van der Waals surface area contributed by atoms with Gasteiger partial charge in [0.1, 0.15) is 15.8 Å². The van der Waals surface area contributed by atoms with Gasteiger partial charge in [0.25, 0.3) is 11.5 Å². The molecule has 0 spiro atoms. The van der Waals surface area contributed by atoms with E-state index in [9.17, 15) is 9.59 Å². The number of thioether (sulfide) groups is 1. The molecule has 1 aromatic carbocycles. The van der Waals surface area contributed by atoms with Crippen LogP contribution in [0.4, 0.5) is 5.82 Å². The zero-order valence-electron chi connectivity index (χ0n) is 18.7. The summed E-state index contributed by atoms with van der Waals surface area (Å²) in [5.41, 5.74) is 2.43. The molecule has 2 aromatic heterocycles. The number of nitrogens with zero attached hydrogens (tertiary/aromatic N) is 3. The van der Waals surface area contributed by atoms with Crippen LogP contribution in [0.5, 0.6) is 11.5 Å². The van der Waals surface area contributed by atoms with Crippen LogP contribution in [-0.4, -0.2) is 37.8 Å². The van der Waals surface area contributed by atoms with E-state index in [0.29, 0.717) is 50.8 Å². The fraction of sp³-hybridized carbons (Fsp3) is 0.250. The maximum absolute atomic E-state index is 13.5. The average Bonchev–Trinajstić information content (AvgIpc) is 3.40. The van der Waals surface area contributed by atoms with Gasteiger partial charge in [-0.15, -0.1) is 0 Å². The summed E-state index contributed by atoms with van der Waals surface area (Å²) in [5, 5.41) is 3.27. The van der Waals surface area contributed by atoms with Gasteiger partial charge in [-0.05, 0) is 48.7 Å². The van der Waals surface area contributed by atoms with Crippen molar-refractivity contribution in [1.29, 1.82) is 0 Å². The molecule has 0 unspecified atom stereocenters. The highest BCUT2D eigenvalue weighted by molar-refractivity contribution is 8.26. The summed E-state index contributed by atoms with van der Waals surface area (Å²) >= 11 is 6.59. The van der Waals surface area contributed by atoms with E-state index in [-0.39, 0.29) is 18.3 Å². The fourth-order valence-corrected chi connectivity index (χ4v) is 5.10. The molecular weight excluding hydrogens is 472 g/mol. The first kappa shape index (κ1) is 22.4. The highest BCUT2D eigenvalue weighted by atomic mass is 32.2. The second kappa shape index (κ2) is 9.11. The molecule has 1 amide bonds. The molecule has 0 aliphatic carbocycles. The maximum atomic E-state index is 13.5. The number of aryl methyl sites for hydroxylation is 1. The van der Waals surface area contributed by atoms with Gasteiger partial charge in [0.05, 0.1) is 10.5 Å². The highest BCUT2D eigenvalue weighted by Gasteiger charge is 2.32. The van der Waals surface area contributed by atoms with Crippen molar-refractivity contribution in [2.75, 3.05) is 18.7 Å². The number of hydrogen-bond donors (Lipinski definition) is 1. The van der Waals surface area contributed by atoms with Crippen LogP contribution in [-0.2, 0) is 11.3 Å². The van der Waals surface area contributed by atoms with E-state index < -0.39 is 0 Å². The average molecular weight is 495 g/mol. The van der Waals surface area contributed by atoms with E-state index in [2.05, 4.69) is 5.32 Å². The number of amides is 1. The van der Waals surface area contributed by atoms with Crippen LogP contribution in [0.2, 0.25) is 0 Å². The molecule has 3 aromatic rings. The topological polar surface area (TPSA) is 85.2 Å². The molecule has 0 bridgehead atoms. The van der Waals surface area contributed by atoms with Gasteiger partial charge in [0.2, 0.25) is 6.79 Å². The summed E-state index contributed by atoms with van der Waals surface area (Å²) in [6.45, 7) is 5.05. The number of ether oxygens (including phenoxy) is 2. The largest absolute Gasteiger partial charge is 0.454 e. The highest BCUT2D eigenvalue weighted by Crippen LogP contribution is 2.34. The third-order valence-corrected chi connectivity index (χ3v) is 6.88. The Kier molecular flexibility index (Phi) is 6.01. The van der Waals surface area contributed by atoms with E-state index in [0.717, 1.165) is 17.5 Å². The Morgan fingerprint density at radius 1 is 1.21 bits per heavy atom. The second-order valence-electron chi connectivity index (χ2n) is 7.99. The standard InChI is InChI=1S/C24H22N4O4S2/c1-3-8-27-23(30)19(34-24(27)33)10-16-21(26-20-7-4-14(2)12-28(20)22(16)29)25-11-15-5-6-17-18(9-15)32-13-31-17/h4-7,9-10,12,25H,3,8,11,13H2,1-2H3/b19-10+. The molecule has 174 valence electrons. The number of thiocarbonyl (C=S) groups is 1. The Morgan fingerprint density at radius 2 is 2.03 bits per heavy atom. The molecule has 0 saturated carbocycles. The van der Waals surface area contributed by atoms with Crippen molar-refractivity contribution in [2.45, 2.75) is 26.8 Å². The number of aromatic nitrogens is 2. The number of rotatable bonds is 6. The summed E-state index contributed by atoms with van der Waals surface area (Å²) in [4.78, 5) is 33.1. The van der Waals surface area contributed by atoms with Gasteiger partial charge >= 0.3 is 0 Å². The number of hydrogen-bond acceptors (Lipinski definition) is 8. The third-order valence-electron chi connectivity index (χ3n) is 5.50. The zero-order chi connectivity index (χ0) is 23.8. The van der Waals surface area contributed by atoms with Crippen molar-refractivity contribution < 1.29 is 14.3 Å². The van der Waals surface area contributed by atoms with Crippen molar-refractivity contribution in [3.8, 4) is 11.5 Å². The summed E-state index contributed by atoms with van der Waals surface area (Å²) in [6.07, 6.45) is 4.13. The van der Waals surface area contributed by atoms with Crippen molar-refractivity contribution in [3.63, 3.8) is 0 Å². The molecule has 1 fully saturated rings. The summed E-state index contributed by atoms with van der Waals surface area (Å²) in [6, 6.07) is 9.37. The van der Waals surface area contributed by atoms with Gasteiger partial charge in [-0.2, -0.15) is 0 Å². The number of anilines is 1. The first-order valence-corrected chi connectivity index (χ1v) is 12.1. The third kappa shape index (κ3) is 4.14. The van der Waals surface area contributed by atoms with Crippen LogP contribution in [0.3, 0.4) is 0 Å². The van der Waals surface area contributed by atoms with Gasteiger partial charge in [0, 0.05) is 19.3 Å². The van der Waals surface area contributed by atoms with Gasteiger partial charge in [-0.1, -0.05) is 43.0 Å². The van der Waals surface area contributed by atoms with Crippen LogP contribution < -0.4 is 20.3 Å². The molecule has 0 atom stereocenters. The number of pyridine rings is 1. The number of benzene rings is 1. The summed E-state index contributed by atoms with van der Waals surface area (Å²) < 4.78 is 12.8. The first-order valence-electron chi connectivity index (χ1n) is 10.9. The second-order valence-corrected chi connectivity index (χ2v) is 9.66. The minimum Gasteiger partial charge on any atom is -0.454 e. The van der Waals surface area contributed by atoms with Crippen molar-refractivity contribution in [1.82, 2.24) is 14.3 Å². The van der Waals surface area contributed by atoms with Gasteiger partial charge < -0.3 is 14.8 Å². The van der Waals surface area contributed by atoms with E-state index in [4.69, 9.17) is 26.7 Å². The summed E-state index contributed by atoms with van der Waals surface area (Å²) in [5.74, 6) is 1.59. The van der Waals surface area contributed by atoms with Crippen LogP contribution in [0.15, 0.2) is 46.2 Å². The van der Waals surface area contributed by atoms with Crippen molar-refractivity contribution >= 4 is 51.7 Å². The lowest BCUT2D eigenvalue weighted by atomic mass is 10.2. The number of nitrogens with one attached hydrogen (secondary N) is 1. The Labute approximate surface area is 205 Å². The Bertz CT molecular complexity index is 1420. The molecule has 2 aliphatic heterocycles. The Balaban J connectivity index is 1.55. The maximum Gasteiger partial charge on any atom is 0.267 e. The molecule has 1 saturated heterocycles. The van der Waals surface area contributed by atoms with Crippen LogP contribution in [0, 0.1) is 6.92 Å². The molecule has 10 heteroatoms. The van der Waals surface area contributed by atoms with E-state index >= 15 is 0 Å². The van der Waals surface area contributed by atoms with E-state index in [1.54, 1.807) is 23.2 Å². The first-order chi connectivity index (χ1) is 16.4. The van der Waals surface area contributed by atoms with Crippen LogP contribution in [0.25, 0.3) is 11.7 Å². The minimum absolute atomic E-state index is 0.188. The lowest BCUT2D eigenvalue weighted by Gasteiger charge is -2.13. The molecule has 0 radical (unpaired) electrons. The molecule has 1 N–H and O–H groups in total. The molecule has 8 nitrogen and oxygen atoms in total. The number of fused-ring (bicyclic) bond motifs is 2. The molecular formula is C24H22N4O4S2. The minimum atomic E-state index is -0.261.